The van der Waals surface area contributed by atoms with Gasteiger partial charge in [-0.15, -0.1) is 0 Å². The minimum absolute atomic E-state index is 0.00123. The van der Waals surface area contributed by atoms with Crippen LogP contribution >= 0.6 is 0 Å². The summed E-state index contributed by atoms with van der Waals surface area (Å²) in [4.78, 5) is 21.5. The third-order valence-corrected chi connectivity index (χ3v) is 4.97. The number of nitrogens with zero attached hydrogens (tertiary/aromatic N) is 4. The smallest absolute Gasteiger partial charge is 0.226 e. The first kappa shape index (κ1) is 18.3. The van der Waals surface area contributed by atoms with Crippen molar-refractivity contribution in [1.82, 2.24) is 25.1 Å². The zero-order valence-corrected chi connectivity index (χ0v) is 15.8. The molecular formula is C21H23N5O2. The van der Waals surface area contributed by atoms with Crippen molar-refractivity contribution in [3.63, 3.8) is 0 Å². The Kier molecular flexibility index (Phi) is 5.43. The van der Waals surface area contributed by atoms with E-state index >= 15 is 0 Å². The van der Waals surface area contributed by atoms with Gasteiger partial charge in [-0.1, -0.05) is 36.4 Å². The summed E-state index contributed by atoms with van der Waals surface area (Å²) in [7, 11) is 0. The fraction of sp³-hybridized carbons (Fsp3) is 0.333. The van der Waals surface area contributed by atoms with Crippen LogP contribution in [0.3, 0.4) is 0 Å². The van der Waals surface area contributed by atoms with E-state index in [1.54, 1.807) is 11.0 Å². The summed E-state index contributed by atoms with van der Waals surface area (Å²) in [6.07, 6.45) is 4.57. The number of carbonyl (C=O) groups is 1. The second-order valence-electron chi connectivity index (χ2n) is 6.94. The number of hydrogen-bond donors (Lipinski definition) is 1. The number of amides is 1. The average molecular weight is 377 g/mol. The summed E-state index contributed by atoms with van der Waals surface area (Å²) in [5.74, 6) is 0.473. The van der Waals surface area contributed by atoms with Crippen molar-refractivity contribution in [2.75, 3.05) is 6.61 Å². The van der Waals surface area contributed by atoms with E-state index in [4.69, 9.17) is 4.74 Å². The molecule has 28 heavy (non-hydrogen) atoms. The van der Waals surface area contributed by atoms with E-state index in [1.807, 2.05) is 49.4 Å². The number of carbonyl (C=O) groups excluding carboxylic acids is 1. The zero-order chi connectivity index (χ0) is 19.3. The molecule has 0 aliphatic carbocycles. The number of rotatable bonds is 5. The molecule has 0 spiro atoms. The molecule has 4 rings (SSSR count). The number of ether oxygens (including phenoxy) is 1. The number of aryl methyl sites for hydroxylation is 1. The van der Waals surface area contributed by atoms with E-state index in [9.17, 15) is 4.79 Å². The number of pyridine rings is 1. The molecule has 1 aliphatic heterocycles. The predicted molar refractivity (Wildman–Crippen MR) is 104 cm³/mol. The van der Waals surface area contributed by atoms with Crippen LogP contribution in [0, 0.1) is 12.8 Å². The maximum atomic E-state index is 13.0. The molecule has 0 bridgehead atoms. The summed E-state index contributed by atoms with van der Waals surface area (Å²) in [5, 5.41) is 7.24. The van der Waals surface area contributed by atoms with Crippen LogP contribution in [0.25, 0.3) is 5.82 Å². The molecule has 1 N–H and O–H groups in total. The topological polar surface area (TPSA) is 81.9 Å². The van der Waals surface area contributed by atoms with E-state index < -0.39 is 0 Å². The first-order valence-electron chi connectivity index (χ1n) is 9.48. The molecule has 0 unspecified atom stereocenters. The molecule has 7 nitrogen and oxygen atoms in total. The number of aromatic nitrogens is 4. The van der Waals surface area contributed by atoms with Gasteiger partial charge in [-0.3, -0.25) is 4.79 Å². The van der Waals surface area contributed by atoms with Crippen LogP contribution in [-0.4, -0.2) is 32.3 Å². The van der Waals surface area contributed by atoms with Crippen molar-refractivity contribution in [2.45, 2.75) is 32.4 Å². The second kappa shape index (κ2) is 8.31. The fourth-order valence-corrected chi connectivity index (χ4v) is 3.56. The van der Waals surface area contributed by atoms with E-state index in [-0.39, 0.29) is 17.9 Å². The quantitative estimate of drug-likeness (QED) is 0.739. The van der Waals surface area contributed by atoms with Crippen LogP contribution < -0.4 is 5.32 Å². The molecule has 2 aromatic heterocycles. The number of benzene rings is 1. The van der Waals surface area contributed by atoms with Gasteiger partial charge in [0.2, 0.25) is 5.91 Å². The van der Waals surface area contributed by atoms with Crippen LogP contribution in [0.2, 0.25) is 0 Å². The van der Waals surface area contributed by atoms with Gasteiger partial charge in [-0.25, -0.2) is 14.6 Å². The lowest BCUT2D eigenvalue weighted by Crippen LogP contribution is -2.37. The van der Waals surface area contributed by atoms with Gasteiger partial charge in [0, 0.05) is 24.4 Å². The van der Waals surface area contributed by atoms with Crippen molar-refractivity contribution in [1.29, 1.82) is 0 Å². The third kappa shape index (κ3) is 3.94. The Bertz CT molecular complexity index is 927. The molecule has 2 atom stereocenters. The number of hydrogen-bond acceptors (Lipinski definition) is 5. The third-order valence-electron chi connectivity index (χ3n) is 4.97. The Morgan fingerprint density at radius 2 is 2.11 bits per heavy atom. The van der Waals surface area contributed by atoms with Gasteiger partial charge in [0.15, 0.2) is 5.82 Å². The second-order valence-corrected chi connectivity index (χ2v) is 6.94. The Morgan fingerprint density at radius 1 is 1.25 bits per heavy atom. The molecule has 3 heterocycles. The summed E-state index contributed by atoms with van der Waals surface area (Å²) < 4.78 is 7.57. The van der Waals surface area contributed by atoms with Gasteiger partial charge in [-0.05, 0) is 31.4 Å². The maximum Gasteiger partial charge on any atom is 0.226 e. The Morgan fingerprint density at radius 3 is 2.89 bits per heavy atom. The van der Waals surface area contributed by atoms with E-state index in [1.165, 1.54) is 6.33 Å². The first-order valence-corrected chi connectivity index (χ1v) is 9.48. The van der Waals surface area contributed by atoms with Crippen LogP contribution in [-0.2, 0) is 16.1 Å². The van der Waals surface area contributed by atoms with Gasteiger partial charge in [0.1, 0.15) is 12.7 Å². The lowest BCUT2D eigenvalue weighted by Gasteiger charge is -2.31. The summed E-state index contributed by atoms with van der Waals surface area (Å²) in [6.45, 7) is 2.98. The minimum atomic E-state index is -0.208. The molecule has 1 saturated heterocycles. The van der Waals surface area contributed by atoms with Crippen LogP contribution in [0.15, 0.2) is 55.1 Å². The lowest BCUT2D eigenvalue weighted by molar-refractivity contribution is -0.134. The highest BCUT2D eigenvalue weighted by molar-refractivity contribution is 5.79. The van der Waals surface area contributed by atoms with Crippen LogP contribution in [0.1, 0.15) is 35.8 Å². The van der Waals surface area contributed by atoms with Crippen molar-refractivity contribution in [3.05, 3.63) is 71.9 Å². The van der Waals surface area contributed by atoms with Crippen molar-refractivity contribution in [3.8, 4) is 5.82 Å². The van der Waals surface area contributed by atoms with Gasteiger partial charge in [0.25, 0.3) is 0 Å². The molecule has 0 radical (unpaired) electrons. The Labute approximate surface area is 163 Å². The monoisotopic (exact) mass is 377 g/mol. The summed E-state index contributed by atoms with van der Waals surface area (Å²) >= 11 is 0. The molecule has 7 heteroatoms. The van der Waals surface area contributed by atoms with Crippen LogP contribution in [0.4, 0.5) is 0 Å². The summed E-state index contributed by atoms with van der Waals surface area (Å²) in [6, 6.07) is 13.8. The van der Waals surface area contributed by atoms with Gasteiger partial charge >= 0.3 is 0 Å². The largest absolute Gasteiger partial charge is 0.373 e. The van der Waals surface area contributed by atoms with Gasteiger partial charge < -0.3 is 10.1 Å². The molecule has 1 fully saturated rings. The van der Waals surface area contributed by atoms with E-state index in [2.05, 4.69) is 20.4 Å². The zero-order valence-electron chi connectivity index (χ0n) is 15.8. The molecular weight excluding hydrogens is 354 g/mol. The Balaban J connectivity index is 1.50. The Hall–Kier alpha value is -3.06. The van der Waals surface area contributed by atoms with Gasteiger partial charge in [0.05, 0.1) is 12.0 Å². The molecule has 0 saturated carbocycles. The van der Waals surface area contributed by atoms with E-state index in [0.717, 1.165) is 29.7 Å². The molecule has 3 aromatic rings. The molecule has 1 aliphatic rings. The highest BCUT2D eigenvalue weighted by Gasteiger charge is 2.32. The highest BCUT2D eigenvalue weighted by atomic mass is 16.5. The average Bonchev–Trinajstić information content (AvgIpc) is 3.28. The van der Waals surface area contributed by atoms with Gasteiger partial charge in [-0.2, -0.15) is 5.10 Å². The minimum Gasteiger partial charge on any atom is -0.373 e. The van der Waals surface area contributed by atoms with Crippen molar-refractivity contribution in [2.24, 2.45) is 5.92 Å². The SMILES string of the molecule is Cc1ccc(CNC(=O)[C@@H]2CCCO[C@H]2c2ccccc2)c(-n2cncn2)n1. The first-order chi connectivity index (χ1) is 13.7. The predicted octanol–water partition coefficient (Wildman–Crippen LogP) is 2.75. The van der Waals surface area contributed by atoms with Crippen LogP contribution in [0.5, 0.6) is 0 Å². The molecule has 1 aromatic carbocycles. The highest BCUT2D eigenvalue weighted by Crippen LogP contribution is 2.33. The standard InChI is InChI=1S/C21H23N5O2/c1-15-9-10-17(20(25-15)26-14-22-13-24-26)12-23-21(27)18-8-5-11-28-19(18)16-6-3-2-4-7-16/h2-4,6-7,9-10,13-14,18-19H,5,8,11-12H2,1H3,(H,23,27)/t18-,19+/m1/s1. The normalized spacial score (nSPS) is 19.3. The number of nitrogens with one attached hydrogen (secondary N) is 1. The molecule has 1 amide bonds. The van der Waals surface area contributed by atoms with Crippen molar-refractivity contribution < 1.29 is 9.53 Å². The maximum absolute atomic E-state index is 13.0. The lowest BCUT2D eigenvalue weighted by atomic mass is 9.88. The fourth-order valence-electron chi connectivity index (χ4n) is 3.56. The van der Waals surface area contributed by atoms with Crippen molar-refractivity contribution >= 4 is 5.91 Å². The van der Waals surface area contributed by atoms with E-state index in [0.29, 0.717) is 19.0 Å². The molecule has 144 valence electrons. The summed E-state index contributed by atoms with van der Waals surface area (Å²) in [5.41, 5.74) is 2.81.